The molecular weight excluding hydrogens is 128 g/mol. The average Bonchev–Trinajstić information content (AvgIpc) is 2.34. The molecule has 10 heavy (non-hydrogen) atoms. The van der Waals surface area contributed by atoms with Gasteiger partial charge in [-0.2, -0.15) is 0 Å². The molecule has 0 radical (unpaired) electrons. The summed E-state index contributed by atoms with van der Waals surface area (Å²) in [4.78, 5) is 10.7. The van der Waals surface area contributed by atoms with Crippen LogP contribution in [0.25, 0.3) is 0 Å². The zero-order valence-electron chi connectivity index (χ0n) is 6.26. The van der Waals surface area contributed by atoms with Crippen LogP contribution < -0.4 is 11.1 Å². The van der Waals surface area contributed by atoms with E-state index in [2.05, 4.69) is 5.32 Å². The second-order valence-electron chi connectivity index (χ2n) is 2.90. The minimum atomic E-state index is -0.141. The van der Waals surface area contributed by atoms with Crippen molar-refractivity contribution in [2.75, 3.05) is 7.05 Å². The van der Waals surface area contributed by atoms with Crippen LogP contribution in [0, 0.1) is 5.92 Å². The van der Waals surface area contributed by atoms with E-state index in [0.29, 0.717) is 6.04 Å². The van der Waals surface area contributed by atoms with Crippen molar-refractivity contribution in [3.8, 4) is 0 Å². The number of carbonyl (C=O) groups is 1. The molecule has 0 aromatic carbocycles. The maximum absolute atomic E-state index is 10.7. The maximum Gasteiger partial charge on any atom is 0.220 e. The monoisotopic (exact) mass is 142 g/mol. The molecule has 1 aliphatic carbocycles. The van der Waals surface area contributed by atoms with Gasteiger partial charge in [-0.3, -0.25) is 4.79 Å². The highest BCUT2D eigenvalue weighted by molar-refractivity contribution is 5.76. The van der Waals surface area contributed by atoms with Crippen molar-refractivity contribution in [3.63, 3.8) is 0 Å². The van der Waals surface area contributed by atoms with Crippen molar-refractivity contribution < 1.29 is 4.79 Å². The first-order valence-corrected chi connectivity index (χ1v) is 3.70. The lowest BCUT2D eigenvalue weighted by atomic mass is 10.1. The van der Waals surface area contributed by atoms with Gasteiger partial charge in [-0.1, -0.05) is 0 Å². The van der Waals surface area contributed by atoms with Gasteiger partial charge in [-0.25, -0.2) is 0 Å². The van der Waals surface area contributed by atoms with Crippen molar-refractivity contribution >= 4 is 5.91 Å². The molecule has 0 aromatic heterocycles. The molecule has 0 unspecified atom stereocenters. The van der Waals surface area contributed by atoms with E-state index in [0.717, 1.165) is 19.3 Å². The van der Waals surface area contributed by atoms with Crippen LogP contribution in [0.4, 0.5) is 0 Å². The molecule has 1 amide bonds. The van der Waals surface area contributed by atoms with E-state index in [-0.39, 0.29) is 11.8 Å². The van der Waals surface area contributed by atoms with Crippen LogP contribution in [0.5, 0.6) is 0 Å². The van der Waals surface area contributed by atoms with Crippen molar-refractivity contribution in [1.82, 2.24) is 5.32 Å². The third-order valence-electron chi connectivity index (χ3n) is 2.24. The van der Waals surface area contributed by atoms with E-state index < -0.39 is 0 Å². The van der Waals surface area contributed by atoms with Gasteiger partial charge < -0.3 is 11.1 Å². The molecule has 0 spiro atoms. The van der Waals surface area contributed by atoms with E-state index in [4.69, 9.17) is 5.73 Å². The summed E-state index contributed by atoms with van der Waals surface area (Å²) < 4.78 is 0. The zero-order valence-corrected chi connectivity index (χ0v) is 6.26. The first-order valence-electron chi connectivity index (χ1n) is 3.70. The molecular formula is C7H14N2O. The molecule has 0 saturated heterocycles. The molecule has 3 heteroatoms. The fourth-order valence-electron chi connectivity index (χ4n) is 1.50. The number of hydrogen-bond acceptors (Lipinski definition) is 2. The Morgan fingerprint density at radius 3 is 2.60 bits per heavy atom. The van der Waals surface area contributed by atoms with Gasteiger partial charge >= 0.3 is 0 Å². The lowest BCUT2D eigenvalue weighted by Crippen LogP contribution is -2.25. The highest BCUT2D eigenvalue weighted by Crippen LogP contribution is 2.24. The molecule has 1 fully saturated rings. The number of primary amides is 1. The Labute approximate surface area is 61.0 Å². The summed E-state index contributed by atoms with van der Waals surface area (Å²) in [7, 11) is 1.92. The fraction of sp³-hybridized carbons (Fsp3) is 0.857. The SMILES string of the molecule is CN[C@@H]1CC[C@H](C(N)=O)C1. The van der Waals surface area contributed by atoms with E-state index in [1.54, 1.807) is 0 Å². The van der Waals surface area contributed by atoms with Crippen molar-refractivity contribution in [2.45, 2.75) is 25.3 Å². The Morgan fingerprint density at radius 2 is 2.30 bits per heavy atom. The lowest BCUT2D eigenvalue weighted by Gasteiger charge is -2.06. The van der Waals surface area contributed by atoms with Crippen molar-refractivity contribution in [1.29, 1.82) is 0 Å². The minimum Gasteiger partial charge on any atom is -0.369 e. The molecule has 3 nitrogen and oxygen atoms in total. The predicted octanol–water partition coefficient (Wildman–Crippen LogP) is -0.140. The van der Waals surface area contributed by atoms with Crippen LogP contribution in [-0.2, 0) is 4.79 Å². The number of nitrogens with two attached hydrogens (primary N) is 1. The quantitative estimate of drug-likeness (QED) is 0.564. The number of nitrogens with one attached hydrogen (secondary N) is 1. The van der Waals surface area contributed by atoms with Crippen LogP contribution in [0.1, 0.15) is 19.3 Å². The molecule has 0 aliphatic heterocycles. The van der Waals surface area contributed by atoms with E-state index in [9.17, 15) is 4.79 Å². The van der Waals surface area contributed by atoms with Gasteiger partial charge in [0.2, 0.25) is 5.91 Å². The number of amides is 1. The Balaban J connectivity index is 2.35. The summed E-state index contributed by atoms with van der Waals surface area (Å²) >= 11 is 0. The molecule has 1 aliphatic rings. The minimum absolute atomic E-state index is 0.123. The van der Waals surface area contributed by atoms with Gasteiger partial charge in [0.05, 0.1) is 0 Å². The van der Waals surface area contributed by atoms with Gasteiger partial charge in [0.15, 0.2) is 0 Å². The third-order valence-corrected chi connectivity index (χ3v) is 2.24. The Kier molecular flexibility index (Phi) is 2.27. The second kappa shape index (κ2) is 3.01. The normalized spacial score (nSPS) is 32.5. The summed E-state index contributed by atoms with van der Waals surface area (Å²) in [6.45, 7) is 0. The molecule has 58 valence electrons. The van der Waals surface area contributed by atoms with Gasteiger partial charge in [0.25, 0.3) is 0 Å². The Bertz CT molecular complexity index is 136. The Morgan fingerprint density at radius 1 is 1.60 bits per heavy atom. The average molecular weight is 142 g/mol. The number of rotatable bonds is 2. The van der Waals surface area contributed by atoms with Crippen molar-refractivity contribution in [2.24, 2.45) is 11.7 Å². The predicted molar refractivity (Wildman–Crippen MR) is 39.4 cm³/mol. The molecule has 0 heterocycles. The third kappa shape index (κ3) is 1.48. The van der Waals surface area contributed by atoms with E-state index in [1.807, 2.05) is 7.05 Å². The van der Waals surface area contributed by atoms with Gasteiger partial charge in [-0.15, -0.1) is 0 Å². The van der Waals surface area contributed by atoms with Crippen molar-refractivity contribution in [3.05, 3.63) is 0 Å². The summed E-state index contributed by atoms with van der Waals surface area (Å²) in [5.41, 5.74) is 5.15. The smallest absolute Gasteiger partial charge is 0.220 e. The highest BCUT2D eigenvalue weighted by Gasteiger charge is 2.26. The standard InChI is InChI=1S/C7H14N2O/c1-9-6-3-2-5(4-6)7(8)10/h5-6,9H,2-4H2,1H3,(H2,8,10)/t5-,6+/m0/s1. The van der Waals surface area contributed by atoms with Crippen LogP contribution in [-0.4, -0.2) is 19.0 Å². The lowest BCUT2D eigenvalue weighted by molar-refractivity contribution is -0.121. The first-order chi connectivity index (χ1) is 4.74. The van der Waals surface area contributed by atoms with Gasteiger partial charge in [0, 0.05) is 12.0 Å². The van der Waals surface area contributed by atoms with Crippen LogP contribution >= 0.6 is 0 Å². The molecule has 2 atom stereocenters. The summed E-state index contributed by atoms with van der Waals surface area (Å²) in [5.74, 6) is -0.0183. The van der Waals surface area contributed by atoms with Crippen LogP contribution in [0.2, 0.25) is 0 Å². The molecule has 1 rings (SSSR count). The van der Waals surface area contributed by atoms with Crippen LogP contribution in [0.15, 0.2) is 0 Å². The summed E-state index contributed by atoms with van der Waals surface area (Å²) in [6.07, 6.45) is 2.97. The fourth-order valence-corrected chi connectivity index (χ4v) is 1.50. The Hall–Kier alpha value is -0.570. The maximum atomic E-state index is 10.7. The molecule has 0 bridgehead atoms. The first kappa shape index (κ1) is 7.54. The topological polar surface area (TPSA) is 55.1 Å². The number of carbonyl (C=O) groups excluding carboxylic acids is 1. The molecule has 0 aromatic rings. The van der Waals surface area contributed by atoms with Gasteiger partial charge in [-0.05, 0) is 26.3 Å². The summed E-state index contributed by atoms with van der Waals surface area (Å²) in [6, 6.07) is 0.512. The number of hydrogen-bond donors (Lipinski definition) is 2. The van der Waals surface area contributed by atoms with E-state index >= 15 is 0 Å². The highest BCUT2D eigenvalue weighted by atomic mass is 16.1. The summed E-state index contributed by atoms with van der Waals surface area (Å²) in [5, 5.41) is 3.14. The molecule has 3 N–H and O–H groups in total. The van der Waals surface area contributed by atoms with Gasteiger partial charge in [0.1, 0.15) is 0 Å². The zero-order chi connectivity index (χ0) is 7.56. The molecule has 1 saturated carbocycles. The van der Waals surface area contributed by atoms with Crippen LogP contribution in [0.3, 0.4) is 0 Å². The largest absolute Gasteiger partial charge is 0.369 e. The van der Waals surface area contributed by atoms with E-state index in [1.165, 1.54) is 0 Å². The second-order valence-corrected chi connectivity index (χ2v) is 2.90.